The van der Waals surface area contributed by atoms with E-state index in [-0.39, 0.29) is 29.9 Å². The lowest BCUT2D eigenvalue weighted by molar-refractivity contribution is -0.137. The van der Waals surface area contributed by atoms with Crippen molar-refractivity contribution in [1.82, 2.24) is 20.1 Å². The van der Waals surface area contributed by atoms with Gasteiger partial charge >= 0.3 is 0 Å². The van der Waals surface area contributed by atoms with Gasteiger partial charge in [0.15, 0.2) is 12.4 Å². The van der Waals surface area contributed by atoms with E-state index in [1.165, 1.54) is 12.1 Å². The lowest BCUT2D eigenvalue weighted by Crippen LogP contribution is -2.41. The standard InChI is InChI=1S/C21H20F2N4O2/c22-15-10-14(11-16(23)12-15)20-24-21(26-25-20)18-8-4-5-9-27(18)19(28)13-29-17-6-2-1-3-7-17/h1-3,6-7,10-12,18H,4-5,8-9,13H2,(H,24,25,26). The lowest BCUT2D eigenvalue weighted by atomic mass is 10.0. The lowest BCUT2D eigenvalue weighted by Gasteiger charge is -2.34. The number of amides is 1. The summed E-state index contributed by atoms with van der Waals surface area (Å²) in [5.41, 5.74) is 0.242. The summed E-state index contributed by atoms with van der Waals surface area (Å²) in [7, 11) is 0. The molecule has 0 radical (unpaired) electrons. The summed E-state index contributed by atoms with van der Waals surface area (Å²) in [4.78, 5) is 18.9. The molecule has 29 heavy (non-hydrogen) atoms. The molecular formula is C21H20F2N4O2. The van der Waals surface area contributed by atoms with E-state index in [0.29, 0.717) is 18.1 Å². The van der Waals surface area contributed by atoms with Gasteiger partial charge in [0.1, 0.15) is 23.2 Å². The molecule has 1 saturated heterocycles. The third-order valence-electron chi connectivity index (χ3n) is 4.87. The normalized spacial score (nSPS) is 16.6. The second-order valence-electron chi connectivity index (χ2n) is 6.90. The van der Waals surface area contributed by atoms with E-state index in [9.17, 15) is 13.6 Å². The Morgan fingerprint density at radius 2 is 1.90 bits per heavy atom. The van der Waals surface area contributed by atoms with Crippen molar-refractivity contribution < 1.29 is 18.3 Å². The molecule has 2 aromatic carbocycles. The highest BCUT2D eigenvalue weighted by Crippen LogP contribution is 2.30. The number of aromatic amines is 1. The van der Waals surface area contributed by atoms with Crippen LogP contribution in [0.5, 0.6) is 5.75 Å². The van der Waals surface area contributed by atoms with E-state index < -0.39 is 11.6 Å². The number of halogens is 2. The van der Waals surface area contributed by atoms with Crippen molar-refractivity contribution in [2.45, 2.75) is 25.3 Å². The molecule has 1 unspecified atom stereocenters. The largest absolute Gasteiger partial charge is 0.484 e. The van der Waals surface area contributed by atoms with Gasteiger partial charge in [-0.05, 0) is 43.5 Å². The maximum absolute atomic E-state index is 13.5. The Hall–Kier alpha value is -3.29. The van der Waals surface area contributed by atoms with Gasteiger partial charge in [-0.2, -0.15) is 5.10 Å². The van der Waals surface area contributed by atoms with Gasteiger partial charge in [-0.3, -0.25) is 9.89 Å². The number of carbonyl (C=O) groups excluding carboxylic acids is 1. The minimum absolute atomic E-state index is 0.0728. The quantitative estimate of drug-likeness (QED) is 0.708. The molecule has 150 valence electrons. The highest BCUT2D eigenvalue weighted by Gasteiger charge is 2.30. The van der Waals surface area contributed by atoms with Crippen LogP contribution in [0.2, 0.25) is 0 Å². The number of piperidine rings is 1. The Bertz CT molecular complexity index is 973. The number of carbonyl (C=O) groups is 1. The number of aromatic nitrogens is 3. The molecule has 3 aromatic rings. The molecule has 0 spiro atoms. The number of nitrogens with one attached hydrogen (secondary N) is 1. The van der Waals surface area contributed by atoms with Crippen molar-refractivity contribution in [3.05, 3.63) is 66.0 Å². The molecule has 6 nitrogen and oxygen atoms in total. The number of rotatable bonds is 5. The molecule has 2 heterocycles. The van der Waals surface area contributed by atoms with Gasteiger partial charge in [-0.25, -0.2) is 13.8 Å². The van der Waals surface area contributed by atoms with E-state index in [0.717, 1.165) is 25.3 Å². The zero-order valence-corrected chi connectivity index (χ0v) is 15.6. The Labute approximate surface area is 166 Å². The van der Waals surface area contributed by atoms with Crippen molar-refractivity contribution in [3.8, 4) is 17.1 Å². The van der Waals surface area contributed by atoms with Crippen LogP contribution in [0.25, 0.3) is 11.4 Å². The monoisotopic (exact) mass is 398 g/mol. The van der Waals surface area contributed by atoms with Crippen LogP contribution >= 0.6 is 0 Å². The molecule has 1 fully saturated rings. The van der Waals surface area contributed by atoms with Crippen LogP contribution in [0.1, 0.15) is 31.1 Å². The number of ether oxygens (including phenoxy) is 1. The van der Waals surface area contributed by atoms with Gasteiger partial charge in [-0.15, -0.1) is 0 Å². The van der Waals surface area contributed by atoms with Gasteiger partial charge in [-0.1, -0.05) is 18.2 Å². The highest BCUT2D eigenvalue weighted by atomic mass is 19.1. The second-order valence-corrected chi connectivity index (χ2v) is 6.90. The summed E-state index contributed by atoms with van der Waals surface area (Å²) in [6.45, 7) is 0.517. The summed E-state index contributed by atoms with van der Waals surface area (Å²) in [5.74, 6) is -0.218. The second kappa shape index (κ2) is 8.38. The predicted octanol–water partition coefficient (Wildman–Crippen LogP) is 3.88. The Balaban J connectivity index is 1.50. The number of hydrogen-bond acceptors (Lipinski definition) is 4. The molecular weight excluding hydrogens is 378 g/mol. The van der Waals surface area contributed by atoms with Crippen LogP contribution in [0.4, 0.5) is 8.78 Å². The van der Waals surface area contributed by atoms with Gasteiger partial charge in [0.2, 0.25) is 0 Å². The topological polar surface area (TPSA) is 71.1 Å². The molecule has 1 N–H and O–H groups in total. The zero-order chi connectivity index (χ0) is 20.2. The molecule has 1 aromatic heterocycles. The Kier molecular flexibility index (Phi) is 5.50. The van der Waals surface area contributed by atoms with Crippen molar-refractivity contribution in [3.63, 3.8) is 0 Å². The van der Waals surface area contributed by atoms with E-state index in [1.807, 2.05) is 18.2 Å². The molecule has 0 aliphatic carbocycles. The first-order valence-corrected chi connectivity index (χ1v) is 9.46. The molecule has 8 heteroatoms. The molecule has 4 rings (SSSR count). The van der Waals surface area contributed by atoms with Crippen molar-refractivity contribution in [1.29, 1.82) is 0 Å². The van der Waals surface area contributed by atoms with E-state index in [2.05, 4.69) is 15.2 Å². The van der Waals surface area contributed by atoms with Crippen molar-refractivity contribution >= 4 is 5.91 Å². The average molecular weight is 398 g/mol. The molecule has 0 saturated carbocycles. The zero-order valence-electron chi connectivity index (χ0n) is 15.6. The van der Waals surface area contributed by atoms with E-state index in [1.54, 1.807) is 17.0 Å². The summed E-state index contributed by atoms with van der Waals surface area (Å²) >= 11 is 0. The average Bonchev–Trinajstić information content (AvgIpc) is 3.22. The number of nitrogens with zero attached hydrogens (tertiary/aromatic N) is 3. The maximum Gasteiger partial charge on any atom is 0.261 e. The molecule has 0 bridgehead atoms. The number of benzene rings is 2. The van der Waals surface area contributed by atoms with Gasteiger partial charge in [0.05, 0.1) is 6.04 Å². The van der Waals surface area contributed by atoms with Crippen LogP contribution in [0, 0.1) is 11.6 Å². The summed E-state index contributed by atoms with van der Waals surface area (Å²) in [5, 5.41) is 6.92. The van der Waals surface area contributed by atoms with Crippen molar-refractivity contribution in [2.75, 3.05) is 13.2 Å². The van der Waals surface area contributed by atoms with E-state index in [4.69, 9.17) is 4.74 Å². The summed E-state index contributed by atoms with van der Waals surface area (Å²) in [6, 6.07) is 12.0. The predicted molar refractivity (Wildman–Crippen MR) is 102 cm³/mol. The first-order valence-electron chi connectivity index (χ1n) is 9.46. The fraction of sp³-hybridized carbons (Fsp3) is 0.286. The summed E-state index contributed by atoms with van der Waals surface area (Å²) in [6.07, 6.45) is 2.56. The van der Waals surface area contributed by atoms with Crippen LogP contribution in [0.3, 0.4) is 0 Å². The van der Waals surface area contributed by atoms with E-state index >= 15 is 0 Å². The minimum Gasteiger partial charge on any atom is -0.484 e. The van der Waals surface area contributed by atoms with Crippen LogP contribution in [0.15, 0.2) is 48.5 Å². The molecule has 1 aliphatic heterocycles. The third-order valence-corrected chi connectivity index (χ3v) is 4.87. The number of para-hydroxylation sites is 1. The SMILES string of the molecule is O=C(COc1ccccc1)N1CCCCC1c1nc(-c2cc(F)cc(F)c2)n[nH]1. The maximum atomic E-state index is 13.5. The van der Waals surface area contributed by atoms with Crippen LogP contribution in [-0.4, -0.2) is 39.1 Å². The number of hydrogen-bond donors (Lipinski definition) is 1. The Morgan fingerprint density at radius 1 is 1.14 bits per heavy atom. The Morgan fingerprint density at radius 3 is 2.66 bits per heavy atom. The number of H-pyrrole nitrogens is 1. The third kappa shape index (κ3) is 4.42. The molecule has 1 aliphatic rings. The number of likely N-dealkylation sites (tertiary alicyclic amines) is 1. The van der Waals surface area contributed by atoms with Crippen LogP contribution in [-0.2, 0) is 4.79 Å². The first-order chi connectivity index (χ1) is 14.1. The minimum atomic E-state index is -0.695. The van der Waals surface area contributed by atoms with Gasteiger partial charge < -0.3 is 9.64 Å². The fourth-order valence-electron chi connectivity index (χ4n) is 3.49. The highest BCUT2D eigenvalue weighted by molar-refractivity contribution is 5.78. The van der Waals surface area contributed by atoms with Gasteiger partial charge in [0.25, 0.3) is 5.91 Å². The first kappa shape index (κ1) is 19.0. The van der Waals surface area contributed by atoms with Crippen LogP contribution < -0.4 is 4.74 Å². The smallest absolute Gasteiger partial charge is 0.261 e. The van der Waals surface area contributed by atoms with Crippen molar-refractivity contribution in [2.24, 2.45) is 0 Å². The van der Waals surface area contributed by atoms with Gasteiger partial charge in [0, 0.05) is 18.2 Å². The summed E-state index contributed by atoms with van der Waals surface area (Å²) < 4.78 is 32.6. The molecule has 1 amide bonds. The fourth-order valence-corrected chi connectivity index (χ4v) is 3.49. The molecule has 1 atom stereocenters.